The summed E-state index contributed by atoms with van der Waals surface area (Å²) in [4.78, 5) is 27.0. The Morgan fingerprint density at radius 1 is 0.921 bits per heavy atom. The molecule has 2 aromatic carbocycles. The largest absolute Gasteiger partial charge is 0.494 e. The topological polar surface area (TPSA) is 116 Å². The highest BCUT2D eigenvalue weighted by atomic mass is 33.1. The van der Waals surface area contributed by atoms with Crippen LogP contribution in [0.1, 0.15) is 45.1 Å². The van der Waals surface area contributed by atoms with E-state index in [-0.39, 0.29) is 18.5 Å². The number of carbonyl (C=O) groups is 1. The van der Waals surface area contributed by atoms with Crippen molar-refractivity contribution >= 4 is 46.9 Å². The third kappa shape index (κ3) is 12.8. The summed E-state index contributed by atoms with van der Waals surface area (Å²) in [6.07, 6.45) is 1.20. The van der Waals surface area contributed by atoms with E-state index in [0.29, 0.717) is 51.6 Å². The van der Waals surface area contributed by atoms with Gasteiger partial charge in [0, 0.05) is 11.5 Å². The fourth-order valence-corrected chi connectivity index (χ4v) is 5.82. The second kappa shape index (κ2) is 19.3. The van der Waals surface area contributed by atoms with Gasteiger partial charge < -0.3 is 27.9 Å². The fraction of sp³-hybridized carbons (Fsp3) is 0.560. The molecule has 1 atom stereocenters. The van der Waals surface area contributed by atoms with E-state index in [4.69, 9.17) is 23.0 Å². The van der Waals surface area contributed by atoms with Crippen LogP contribution in [0.4, 0.5) is 0 Å². The summed E-state index contributed by atoms with van der Waals surface area (Å²) < 4.78 is 27.6. The van der Waals surface area contributed by atoms with Crippen LogP contribution in [0.2, 0.25) is 0 Å². The normalized spacial score (nSPS) is 12.0. The predicted octanol–water partition coefficient (Wildman–Crippen LogP) is 6.55. The summed E-state index contributed by atoms with van der Waals surface area (Å²) in [5.74, 6) is 1.58. The first-order valence-corrected chi connectivity index (χ1v) is 16.1. The quantitative estimate of drug-likeness (QED) is 0.0394. The van der Waals surface area contributed by atoms with Gasteiger partial charge in [-0.3, -0.25) is 4.79 Å². The predicted molar refractivity (Wildman–Crippen MR) is 152 cm³/mol. The zero-order valence-electron chi connectivity index (χ0n) is 22.0. The van der Waals surface area contributed by atoms with Crippen molar-refractivity contribution in [1.29, 1.82) is 0 Å². The Hall–Kier alpha value is -1.82. The molecule has 13 heteroatoms. The summed E-state index contributed by atoms with van der Waals surface area (Å²) in [6.45, 7) is 8.17. The first-order valence-electron chi connectivity index (χ1n) is 12.5. The van der Waals surface area contributed by atoms with Crippen LogP contribution < -0.4 is 4.74 Å². The number of nitrogens with zero attached hydrogens (tertiary/aromatic N) is 1. The number of unbranched alkanes of at least 4 members (excludes halogenated alkanes) is 1. The van der Waals surface area contributed by atoms with Crippen molar-refractivity contribution in [3.8, 4) is 5.75 Å². The molecule has 0 aliphatic rings. The summed E-state index contributed by atoms with van der Waals surface area (Å²) in [7, 11) is 2.03. The van der Waals surface area contributed by atoms with Crippen LogP contribution in [0.15, 0.2) is 36.4 Å². The molecule has 1 unspecified atom stereocenters. The minimum absolute atomic E-state index is 0.0658. The number of hydrogen-bond donors (Lipinski definition) is 0. The number of benzene rings is 2. The highest BCUT2D eigenvalue weighted by molar-refractivity contribution is 8.76. The monoisotopic (exact) mass is 589 g/mol. The molecule has 0 amide bonds. The molecule has 0 heterocycles. The Labute approximate surface area is 232 Å². The fourth-order valence-electron chi connectivity index (χ4n) is 3.16. The lowest BCUT2D eigenvalue weighted by atomic mass is 9.98. The third-order valence-corrected chi connectivity index (χ3v) is 8.68. The zero-order valence-corrected chi connectivity index (χ0v) is 24.5. The zero-order chi connectivity index (χ0) is 27.6. The van der Waals surface area contributed by atoms with Gasteiger partial charge >= 0.3 is 14.6 Å². The molecule has 0 radical (unpaired) electrons. The van der Waals surface area contributed by atoms with Crippen molar-refractivity contribution in [1.82, 2.24) is 0 Å². The molecule has 212 valence electrons. The second-order valence-electron chi connectivity index (χ2n) is 7.81. The van der Waals surface area contributed by atoms with E-state index < -0.39 is 13.7 Å². The standard InChI is InChI=1S/C25H36NO9PS2/c1-4-33-36(34-5-2)35-15-17-38-37-16-14-31-25(27)20(3)21-8-9-23-19-24(11-10-22(23)18-21)30-12-6-7-13-32-26(28)29/h8-11,18-20H,4-7,12-17H2,1-3H3. The molecule has 0 aliphatic carbocycles. The van der Waals surface area contributed by atoms with Gasteiger partial charge in [0.15, 0.2) is 0 Å². The minimum atomic E-state index is -1.27. The average Bonchev–Trinajstić information content (AvgIpc) is 2.91. The van der Waals surface area contributed by atoms with E-state index in [1.807, 2.05) is 57.2 Å². The molecule has 0 aromatic heterocycles. The van der Waals surface area contributed by atoms with Crippen LogP contribution in [0.25, 0.3) is 10.8 Å². The number of fused-ring (bicyclic) bond motifs is 1. The third-order valence-electron chi connectivity index (χ3n) is 5.02. The first kappa shape index (κ1) is 32.4. The second-order valence-corrected chi connectivity index (χ2v) is 11.7. The maximum atomic E-state index is 12.5. The average molecular weight is 590 g/mol. The molecule has 0 saturated carbocycles. The number of carbonyl (C=O) groups excluding carboxylic acids is 1. The SMILES string of the molecule is CCOP(OCC)OCCSSCCOC(=O)C(C)c1ccc2cc(OCCCCO[N+](=O)[O-])ccc2c1. The molecule has 2 aromatic rings. The Morgan fingerprint density at radius 3 is 2.29 bits per heavy atom. The van der Waals surface area contributed by atoms with E-state index >= 15 is 0 Å². The summed E-state index contributed by atoms with van der Waals surface area (Å²) in [6, 6.07) is 11.6. The minimum Gasteiger partial charge on any atom is -0.494 e. The molecule has 0 bridgehead atoms. The van der Waals surface area contributed by atoms with Gasteiger partial charge in [-0.1, -0.05) is 45.9 Å². The molecule has 0 N–H and O–H groups in total. The van der Waals surface area contributed by atoms with Gasteiger partial charge in [0.25, 0.3) is 5.09 Å². The van der Waals surface area contributed by atoms with Gasteiger partial charge in [-0.2, -0.15) is 0 Å². The maximum absolute atomic E-state index is 12.5. The van der Waals surface area contributed by atoms with Crippen molar-refractivity contribution in [2.75, 3.05) is 51.1 Å². The van der Waals surface area contributed by atoms with Crippen LogP contribution in [0.5, 0.6) is 5.75 Å². The Balaban J connectivity index is 1.67. The van der Waals surface area contributed by atoms with Gasteiger partial charge in [0.2, 0.25) is 0 Å². The lowest BCUT2D eigenvalue weighted by Crippen LogP contribution is -2.14. The van der Waals surface area contributed by atoms with Gasteiger partial charge in [-0.25, -0.2) is 0 Å². The summed E-state index contributed by atoms with van der Waals surface area (Å²) in [5, 5.41) is 11.3. The molecule has 2 rings (SSSR count). The Bertz CT molecular complexity index is 979. The summed E-state index contributed by atoms with van der Waals surface area (Å²) >= 11 is 0. The van der Waals surface area contributed by atoms with E-state index in [0.717, 1.165) is 27.8 Å². The van der Waals surface area contributed by atoms with Crippen molar-refractivity contribution in [2.45, 2.75) is 39.5 Å². The lowest BCUT2D eigenvalue weighted by molar-refractivity contribution is -0.757. The van der Waals surface area contributed by atoms with E-state index in [1.54, 1.807) is 21.6 Å². The Morgan fingerprint density at radius 2 is 1.58 bits per heavy atom. The van der Waals surface area contributed by atoms with Crippen LogP contribution >= 0.6 is 30.2 Å². The lowest BCUT2D eigenvalue weighted by Gasteiger charge is -2.14. The number of ether oxygens (including phenoxy) is 2. The first-order chi connectivity index (χ1) is 18.4. The highest BCUT2D eigenvalue weighted by Gasteiger charge is 2.17. The van der Waals surface area contributed by atoms with E-state index in [2.05, 4.69) is 4.84 Å². The number of rotatable bonds is 21. The summed E-state index contributed by atoms with van der Waals surface area (Å²) in [5.41, 5.74) is 0.890. The number of hydrogen-bond acceptors (Lipinski definition) is 11. The molecule has 0 fully saturated rings. The molecule has 10 nitrogen and oxygen atoms in total. The van der Waals surface area contributed by atoms with Crippen LogP contribution in [0.3, 0.4) is 0 Å². The maximum Gasteiger partial charge on any atom is 0.332 e. The van der Waals surface area contributed by atoms with E-state index in [1.165, 1.54) is 0 Å². The van der Waals surface area contributed by atoms with Crippen molar-refractivity contribution in [2.24, 2.45) is 0 Å². The van der Waals surface area contributed by atoms with Crippen LogP contribution in [-0.2, 0) is 27.9 Å². The molecular weight excluding hydrogens is 553 g/mol. The molecule has 0 spiro atoms. The van der Waals surface area contributed by atoms with Gasteiger partial charge in [0.1, 0.15) is 12.4 Å². The van der Waals surface area contributed by atoms with Gasteiger partial charge in [0.05, 0.1) is 39.0 Å². The molecule has 0 saturated heterocycles. The van der Waals surface area contributed by atoms with Crippen molar-refractivity contribution in [3.63, 3.8) is 0 Å². The van der Waals surface area contributed by atoms with Crippen LogP contribution in [-0.4, -0.2) is 62.2 Å². The Kier molecular flexibility index (Phi) is 16.4. The molecule has 0 aliphatic heterocycles. The van der Waals surface area contributed by atoms with Crippen LogP contribution in [0, 0.1) is 10.1 Å². The number of esters is 1. The molecular formula is C25H36NO9PS2. The smallest absolute Gasteiger partial charge is 0.332 e. The van der Waals surface area contributed by atoms with Crippen molar-refractivity contribution < 1.29 is 37.8 Å². The van der Waals surface area contributed by atoms with E-state index in [9.17, 15) is 14.9 Å². The van der Waals surface area contributed by atoms with Crippen molar-refractivity contribution in [3.05, 3.63) is 52.1 Å². The molecule has 38 heavy (non-hydrogen) atoms. The van der Waals surface area contributed by atoms with Gasteiger partial charge in [-0.15, -0.1) is 10.1 Å². The highest BCUT2D eigenvalue weighted by Crippen LogP contribution is 2.39. The van der Waals surface area contributed by atoms with Gasteiger partial charge in [-0.05, 0) is 62.1 Å².